The van der Waals surface area contributed by atoms with Crippen molar-refractivity contribution < 1.29 is 4.79 Å². The third-order valence-electron chi connectivity index (χ3n) is 4.10. The molecular weight excluding hydrogens is 250 g/mol. The van der Waals surface area contributed by atoms with Gasteiger partial charge in [-0.3, -0.25) is 9.78 Å². The van der Waals surface area contributed by atoms with Crippen LogP contribution in [0.2, 0.25) is 0 Å². The van der Waals surface area contributed by atoms with Crippen molar-refractivity contribution >= 4 is 11.6 Å². The fourth-order valence-corrected chi connectivity index (χ4v) is 2.70. The smallest absolute Gasteiger partial charge is 0.256 e. The summed E-state index contributed by atoms with van der Waals surface area (Å²) >= 11 is 0. The van der Waals surface area contributed by atoms with Gasteiger partial charge < -0.3 is 10.2 Å². The molecule has 20 heavy (non-hydrogen) atoms. The number of carbonyl (C=O) groups excluding carboxylic acids is 1. The number of nitrogens with zero attached hydrogens (tertiary/aromatic N) is 2. The van der Waals surface area contributed by atoms with E-state index in [0.29, 0.717) is 0 Å². The second kappa shape index (κ2) is 7.27. The quantitative estimate of drug-likeness (QED) is 0.897. The van der Waals surface area contributed by atoms with E-state index in [9.17, 15) is 4.79 Å². The van der Waals surface area contributed by atoms with E-state index in [1.165, 1.54) is 6.42 Å². The zero-order valence-electron chi connectivity index (χ0n) is 12.6. The predicted octanol–water partition coefficient (Wildman–Crippen LogP) is 3.17. The van der Waals surface area contributed by atoms with Crippen LogP contribution < -0.4 is 5.32 Å². The molecule has 1 fully saturated rings. The maximum absolute atomic E-state index is 12.6. The lowest BCUT2D eigenvalue weighted by Gasteiger charge is -2.32. The van der Waals surface area contributed by atoms with E-state index in [2.05, 4.69) is 24.1 Å². The van der Waals surface area contributed by atoms with Gasteiger partial charge >= 0.3 is 0 Å². The van der Waals surface area contributed by atoms with Crippen molar-refractivity contribution in [2.45, 2.75) is 39.5 Å². The van der Waals surface area contributed by atoms with E-state index < -0.39 is 0 Å². The van der Waals surface area contributed by atoms with Crippen molar-refractivity contribution in [2.75, 3.05) is 25.0 Å². The number of carbonyl (C=O) groups is 1. The first-order valence-electron chi connectivity index (χ1n) is 7.73. The van der Waals surface area contributed by atoms with Gasteiger partial charge in [0.05, 0.1) is 17.4 Å². The molecule has 1 amide bonds. The van der Waals surface area contributed by atoms with Crippen LogP contribution in [0.15, 0.2) is 18.5 Å². The molecule has 1 N–H and O–H groups in total. The van der Waals surface area contributed by atoms with E-state index >= 15 is 0 Å². The molecule has 1 saturated heterocycles. The van der Waals surface area contributed by atoms with E-state index in [-0.39, 0.29) is 5.91 Å². The Morgan fingerprint density at radius 1 is 1.40 bits per heavy atom. The number of amides is 1. The fraction of sp³-hybridized carbons (Fsp3) is 0.625. The normalized spacial score (nSPS) is 16.2. The third kappa shape index (κ3) is 3.50. The van der Waals surface area contributed by atoms with Crippen LogP contribution in [0.25, 0.3) is 0 Å². The molecule has 1 aliphatic heterocycles. The van der Waals surface area contributed by atoms with E-state index in [1.807, 2.05) is 11.0 Å². The highest BCUT2D eigenvalue weighted by Crippen LogP contribution is 2.23. The van der Waals surface area contributed by atoms with Gasteiger partial charge in [0, 0.05) is 25.8 Å². The monoisotopic (exact) mass is 275 g/mol. The molecule has 1 aliphatic rings. The number of nitrogens with one attached hydrogen (secondary N) is 1. The Balaban J connectivity index is 2.05. The largest absolute Gasteiger partial charge is 0.383 e. The van der Waals surface area contributed by atoms with Crippen molar-refractivity contribution in [3.63, 3.8) is 0 Å². The summed E-state index contributed by atoms with van der Waals surface area (Å²) in [6.45, 7) is 6.97. The van der Waals surface area contributed by atoms with E-state index in [0.717, 1.165) is 56.1 Å². The Kier molecular flexibility index (Phi) is 5.39. The molecular formula is C16H25N3O. The second-order valence-corrected chi connectivity index (χ2v) is 5.49. The van der Waals surface area contributed by atoms with Crippen molar-refractivity contribution in [1.29, 1.82) is 0 Å². The lowest BCUT2D eigenvalue weighted by atomic mass is 9.94. The number of pyridine rings is 1. The minimum Gasteiger partial charge on any atom is -0.383 e. The Morgan fingerprint density at radius 2 is 2.15 bits per heavy atom. The molecule has 4 nitrogen and oxygen atoms in total. The summed E-state index contributed by atoms with van der Waals surface area (Å²) in [5, 5.41) is 3.29. The first kappa shape index (κ1) is 14.8. The minimum atomic E-state index is 0.139. The molecule has 0 aromatic carbocycles. The number of hydrogen-bond donors (Lipinski definition) is 1. The molecule has 0 saturated carbocycles. The summed E-state index contributed by atoms with van der Waals surface area (Å²) < 4.78 is 0. The zero-order chi connectivity index (χ0) is 14.4. The van der Waals surface area contributed by atoms with Gasteiger partial charge in [-0.1, -0.05) is 20.3 Å². The standard InChI is InChI=1S/C16H25N3O/c1-3-8-18-15-12-17-9-5-14(15)16(20)19-10-6-13(4-2)7-11-19/h5,9,12-13,18H,3-4,6-8,10-11H2,1-2H3. The number of anilines is 1. The molecule has 2 rings (SSSR count). The van der Waals surface area contributed by atoms with Crippen molar-refractivity contribution in [1.82, 2.24) is 9.88 Å². The van der Waals surface area contributed by atoms with Crippen molar-refractivity contribution in [3.8, 4) is 0 Å². The SMILES string of the molecule is CCCNc1cnccc1C(=O)N1CCC(CC)CC1. The molecule has 0 bridgehead atoms. The first-order chi connectivity index (χ1) is 9.76. The number of likely N-dealkylation sites (tertiary alicyclic amines) is 1. The van der Waals surface area contributed by atoms with Gasteiger partial charge in [-0.05, 0) is 31.2 Å². The molecule has 0 unspecified atom stereocenters. The van der Waals surface area contributed by atoms with Crippen LogP contribution >= 0.6 is 0 Å². The second-order valence-electron chi connectivity index (χ2n) is 5.49. The van der Waals surface area contributed by atoms with Crippen molar-refractivity contribution in [3.05, 3.63) is 24.0 Å². The lowest BCUT2D eigenvalue weighted by molar-refractivity contribution is 0.0689. The van der Waals surface area contributed by atoms with Crippen LogP contribution in [0.3, 0.4) is 0 Å². The highest BCUT2D eigenvalue weighted by Gasteiger charge is 2.24. The molecule has 1 aromatic heterocycles. The Bertz CT molecular complexity index is 439. The summed E-state index contributed by atoms with van der Waals surface area (Å²) in [7, 11) is 0. The first-order valence-corrected chi connectivity index (χ1v) is 7.73. The zero-order valence-corrected chi connectivity index (χ0v) is 12.6. The average molecular weight is 275 g/mol. The average Bonchev–Trinajstić information content (AvgIpc) is 2.52. The van der Waals surface area contributed by atoms with Gasteiger partial charge in [-0.2, -0.15) is 0 Å². The van der Waals surface area contributed by atoms with Crippen LogP contribution in [-0.4, -0.2) is 35.4 Å². The highest BCUT2D eigenvalue weighted by molar-refractivity contribution is 5.99. The van der Waals surface area contributed by atoms with Gasteiger partial charge in [0.2, 0.25) is 0 Å². The van der Waals surface area contributed by atoms with Crippen LogP contribution in [0.4, 0.5) is 5.69 Å². The van der Waals surface area contributed by atoms with Crippen LogP contribution in [0.1, 0.15) is 49.9 Å². The Morgan fingerprint density at radius 3 is 2.80 bits per heavy atom. The fourth-order valence-electron chi connectivity index (χ4n) is 2.70. The van der Waals surface area contributed by atoms with Crippen LogP contribution in [0.5, 0.6) is 0 Å². The predicted molar refractivity (Wildman–Crippen MR) is 81.9 cm³/mol. The molecule has 0 radical (unpaired) electrons. The lowest BCUT2D eigenvalue weighted by Crippen LogP contribution is -2.38. The summed E-state index contributed by atoms with van der Waals surface area (Å²) in [5.41, 5.74) is 1.61. The topological polar surface area (TPSA) is 45.2 Å². The Labute approximate surface area is 121 Å². The third-order valence-corrected chi connectivity index (χ3v) is 4.10. The summed E-state index contributed by atoms with van der Waals surface area (Å²) in [6.07, 6.45) is 7.96. The van der Waals surface area contributed by atoms with Crippen LogP contribution in [-0.2, 0) is 0 Å². The number of piperidine rings is 1. The van der Waals surface area contributed by atoms with Gasteiger partial charge in [0.25, 0.3) is 5.91 Å². The molecule has 0 aliphatic carbocycles. The Hall–Kier alpha value is -1.58. The number of aromatic nitrogens is 1. The molecule has 0 atom stereocenters. The molecule has 1 aromatic rings. The van der Waals surface area contributed by atoms with E-state index in [4.69, 9.17) is 0 Å². The minimum absolute atomic E-state index is 0.139. The molecule has 110 valence electrons. The maximum atomic E-state index is 12.6. The van der Waals surface area contributed by atoms with Gasteiger partial charge in [0.1, 0.15) is 0 Å². The summed E-state index contributed by atoms with van der Waals surface area (Å²) in [6, 6.07) is 1.83. The maximum Gasteiger partial charge on any atom is 0.256 e. The summed E-state index contributed by atoms with van der Waals surface area (Å²) in [4.78, 5) is 18.7. The van der Waals surface area contributed by atoms with Gasteiger partial charge in [-0.25, -0.2) is 0 Å². The number of rotatable bonds is 5. The molecule has 0 spiro atoms. The van der Waals surface area contributed by atoms with Crippen LogP contribution in [0, 0.1) is 5.92 Å². The summed E-state index contributed by atoms with van der Waals surface area (Å²) in [5.74, 6) is 0.926. The number of hydrogen-bond acceptors (Lipinski definition) is 3. The van der Waals surface area contributed by atoms with Gasteiger partial charge in [0.15, 0.2) is 0 Å². The molecule has 2 heterocycles. The van der Waals surface area contributed by atoms with Crippen molar-refractivity contribution in [2.24, 2.45) is 5.92 Å². The highest BCUT2D eigenvalue weighted by atomic mass is 16.2. The van der Waals surface area contributed by atoms with Gasteiger partial charge in [-0.15, -0.1) is 0 Å². The van der Waals surface area contributed by atoms with E-state index in [1.54, 1.807) is 12.4 Å². The molecule has 4 heteroatoms.